The highest BCUT2D eigenvalue weighted by atomic mass is 28.3. The molecular formula is C66H70N8O11Si2. The van der Waals surface area contributed by atoms with Gasteiger partial charge in [-0.05, 0) is 85.3 Å². The second-order valence-electron chi connectivity index (χ2n) is 24.3. The topological polar surface area (TPSA) is 251 Å². The van der Waals surface area contributed by atoms with Crippen molar-refractivity contribution in [2.45, 2.75) is 122 Å². The molecule has 4 amide bonds. The predicted molar refractivity (Wildman–Crippen MR) is 338 cm³/mol. The zero-order chi connectivity index (χ0) is 61.6. The van der Waals surface area contributed by atoms with Crippen molar-refractivity contribution in [1.82, 2.24) is 29.7 Å². The highest BCUT2D eigenvalue weighted by molar-refractivity contribution is 6.78. The Bertz CT molecular complexity index is 4230. The third kappa shape index (κ3) is 11.5. The summed E-state index contributed by atoms with van der Waals surface area (Å²) in [7, 11) is -3.79. The van der Waals surface area contributed by atoms with Crippen molar-refractivity contribution < 1.29 is 43.3 Å². The van der Waals surface area contributed by atoms with Crippen LogP contribution in [0.3, 0.4) is 0 Å². The number of cyclic esters (lactones) is 2. The molecule has 2 atom stereocenters. The summed E-state index contributed by atoms with van der Waals surface area (Å²) in [5.41, 5.74) is 7.16. The van der Waals surface area contributed by atoms with E-state index >= 15 is 0 Å². The van der Waals surface area contributed by atoms with E-state index in [1.54, 1.807) is 35.1 Å². The van der Waals surface area contributed by atoms with E-state index < -0.39 is 45.3 Å². The Labute approximate surface area is 504 Å². The molecule has 0 saturated carbocycles. The number of nitrogens with one attached hydrogen (secondary N) is 4. The Kier molecular flexibility index (Phi) is 16.2. The van der Waals surface area contributed by atoms with Gasteiger partial charge in [0.25, 0.3) is 11.1 Å². The molecule has 0 unspecified atom stereocenters. The van der Waals surface area contributed by atoms with Crippen molar-refractivity contribution in [1.29, 1.82) is 0 Å². The molecule has 4 aliphatic rings. The quantitative estimate of drug-likeness (QED) is 0.0365. The van der Waals surface area contributed by atoms with Gasteiger partial charge >= 0.3 is 30.0 Å². The summed E-state index contributed by atoms with van der Waals surface area (Å²) < 4.78 is 19.6. The number of carbonyl (C=O) groups is 5. The van der Waals surface area contributed by atoms with Crippen LogP contribution in [0.2, 0.25) is 38.3 Å². The van der Waals surface area contributed by atoms with E-state index in [0.717, 1.165) is 80.4 Å². The van der Waals surface area contributed by atoms with E-state index in [-0.39, 0.29) is 49.2 Å². The van der Waals surface area contributed by atoms with Crippen molar-refractivity contribution >= 4 is 79.3 Å². The first-order chi connectivity index (χ1) is 41.6. The fourth-order valence-corrected chi connectivity index (χ4v) is 15.8. The number of aryl methyl sites for hydroxylation is 2. The molecule has 8 heterocycles. The number of ether oxygens (including phenoxy) is 3. The molecule has 0 spiro atoms. The molecule has 12 rings (SSSR count). The lowest BCUT2D eigenvalue weighted by Gasteiger charge is -2.35. The van der Waals surface area contributed by atoms with E-state index in [2.05, 4.69) is 59.6 Å². The van der Waals surface area contributed by atoms with E-state index in [1.165, 1.54) is 6.92 Å². The first kappa shape index (κ1) is 59.7. The number of aliphatic hydroxyl groups is 1. The second-order valence-corrected chi connectivity index (χ2v) is 34.7. The number of rotatable bonds is 15. The molecule has 0 radical (unpaired) electrons. The zero-order valence-corrected chi connectivity index (χ0v) is 51.9. The van der Waals surface area contributed by atoms with Crippen LogP contribution < -0.4 is 32.4 Å². The van der Waals surface area contributed by atoms with Gasteiger partial charge in [0.2, 0.25) is 5.60 Å². The van der Waals surface area contributed by atoms with Gasteiger partial charge in [0.1, 0.15) is 13.2 Å². The van der Waals surface area contributed by atoms with Crippen LogP contribution in [-0.2, 0) is 78.9 Å². The number of hydrogen-bond donors (Lipinski definition) is 5. The molecule has 19 nitrogen and oxygen atoms in total. The van der Waals surface area contributed by atoms with Gasteiger partial charge in [-0.3, -0.25) is 14.4 Å². The van der Waals surface area contributed by atoms with Crippen LogP contribution in [-0.4, -0.2) is 82.7 Å². The molecule has 0 aliphatic carbocycles. The number of para-hydroxylation sites is 4. The molecule has 4 aromatic carbocycles. The van der Waals surface area contributed by atoms with Crippen LogP contribution in [0.25, 0.3) is 44.6 Å². The number of benzene rings is 4. The lowest BCUT2D eigenvalue weighted by atomic mass is 9.85. The number of nitrogens with zero attached hydrogens (tertiary/aromatic N) is 4. The maximum atomic E-state index is 13.9. The average molecular weight is 1210 g/mol. The highest BCUT2D eigenvalue weighted by Gasteiger charge is 2.50. The Morgan fingerprint density at radius 1 is 0.586 bits per heavy atom. The molecule has 87 heavy (non-hydrogen) atoms. The summed E-state index contributed by atoms with van der Waals surface area (Å²) in [6.07, 6.45) is 2.97. The normalized spacial score (nSPS) is 17.0. The van der Waals surface area contributed by atoms with Gasteiger partial charge in [-0.25, -0.2) is 29.1 Å². The first-order valence-corrected chi connectivity index (χ1v) is 36.3. The number of fused-ring (bicyclic) bond motifs is 10. The molecule has 0 saturated heterocycles. The van der Waals surface area contributed by atoms with Gasteiger partial charge in [0.15, 0.2) is 5.60 Å². The minimum atomic E-state index is -1.91. The fourth-order valence-electron chi connectivity index (χ4n) is 12.3. The third-order valence-corrected chi connectivity index (χ3v) is 22.8. The van der Waals surface area contributed by atoms with E-state index in [0.29, 0.717) is 70.5 Å². The lowest BCUT2D eigenvalue weighted by molar-refractivity contribution is -0.188. The number of amides is 4. The summed E-state index contributed by atoms with van der Waals surface area (Å²) in [5, 5.41) is 25.2. The van der Waals surface area contributed by atoms with E-state index in [9.17, 15) is 38.7 Å². The molecular weight excluding hydrogens is 1140 g/mol. The largest absolute Gasteiger partial charge is 0.458 e. The second kappa shape index (κ2) is 23.7. The Balaban J connectivity index is 0.000000181. The molecule has 21 heteroatoms. The van der Waals surface area contributed by atoms with Crippen molar-refractivity contribution in [3.05, 3.63) is 187 Å². The smallest absolute Gasteiger partial charge is 0.355 e. The van der Waals surface area contributed by atoms with Crippen LogP contribution in [0, 0.1) is 0 Å². The summed E-state index contributed by atoms with van der Waals surface area (Å²) in [6, 6.07) is 39.5. The van der Waals surface area contributed by atoms with Gasteiger partial charge in [0.05, 0.1) is 74.2 Å². The number of pyridine rings is 4. The van der Waals surface area contributed by atoms with Gasteiger partial charge in [-0.1, -0.05) is 125 Å². The van der Waals surface area contributed by atoms with Crippen LogP contribution in [0.4, 0.5) is 21.0 Å². The van der Waals surface area contributed by atoms with Gasteiger partial charge in [-0.2, -0.15) is 0 Å². The number of urea groups is 2. The number of aromatic nitrogens is 4. The SMILES string of the molecule is CC[C@@]1(O)C(=O)OCc2c1cc1n(c2=O)Cc2c-1nc1ccccc1c2CC[Si](C)(C)CNC(=O)Nc1ccccc1.CC[C@@]1(OC(C)=O)C(=O)OCc2c1cc1n(c2=O)Cc2c-1nc1ccccc1c2CC[Si](C)(C)CNC(=O)Nc1ccccc1. The van der Waals surface area contributed by atoms with Crippen molar-refractivity contribution in [2.75, 3.05) is 23.0 Å². The molecule has 0 bridgehead atoms. The van der Waals surface area contributed by atoms with Crippen molar-refractivity contribution in [2.24, 2.45) is 0 Å². The van der Waals surface area contributed by atoms with Gasteiger partial charge in [-0.15, -0.1) is 0 Å². The lowest BCUT2D eigenvalue weighted by Crippen LogP contribution is -2.47. The highest BCUT2D eigenvalue weighted by Crippen LogP contribution is 2.44. The minimum Gasteiger partial charge on any atom is -0.458 e. The molecule has 8 aromatic rings. The summed E-state index contributed by atoms with van der Waals surface area (Å²) >= 11 is 0. The molecule has 448 valence electrons. The van der Waals surface area contributed by atoms with Crippen molar-refractivity contribution in [3.63, 3.8) is 0 Å². The Hall–Kier alpha value is -9.06. The number of esters is 3. The average Bonchev–Trinajstić information content (AvgIpc) is 1.69. The molecule has 0 fully saturated rings. The molecule has 4 aliphatic heterocycles. The van der Waals surface area contributed by atoms with Gasteiger partial charge in [0, 0.05) is 63.7 Å². The Morgan fingerprint density at radius 3 is 1.46 bits per heavy atom. The summed E-state index contributed by atoms with van der Waals surface area (Å²) in [4.78, 5) is 100. The standard InChI is InChI=1S/C34H36N4O6Si.C32H34N4O5Si/c1-5-34(44-21(2)39)27-17-29-30-25(18-38(29)31(40)26(27)19-43-32(34)41)23(24-13-9-10-14-28(24)37-30)15-16-45(3,4)20-35-33(42)36-22-11-7-6-8-12-22;1-4-32(40)25-16-27-28-23(17-36(27)29(37)24(25)18-41-30(32)38)21(22-12-8-9-13-26(22)35-28)14-15-42(2,3)19-33-31(39)34-20-10-6-5-7-11-20/h6-14,17H,5,15-16,18-20H2,1-4H3,(H2,35,36,42);5-13,16,40H,4,14-15,17-19H2,1-3H3,(H2,33,34,39)/t34-;32-/m00/s1. The summed E-state index contributed by atoms with van der Waals surface area (Å²) in [5.74, 6) is -2.04. The van der Waals surface area contributed by atoms with Gasteiger partial charge < -0.3 is 49.7 Å². The van der Waals surface area contributed by atoms with Crippen LogP contribution in [0.1, 0.15) is 78.1 Å². The summed E-state index contributed by atoms with van der Waals surface area (Å²) in [6.45, 7) is 14.1. The van der Waals surface area contributed by atoms with E-state index in [4.69, 9.17) is 24.2 Å². The minimum absolute atomic E-state index is 0.0993. The number of hydrogen-bond acceptors (Lipinski definition) is 13. The molecule has 5 N–H and O–H groups in total. The maximum absolute atomic E-state index is 13.9. The third-order valence-electron chi connectivity index (χ3n) is 17.3. The predicted octanol–water partition coefficient (Wildman–Crippen LogP) is 9.95. The molecule has 4 aromatic heterocycles. The number of carbonyl (C=O) groups excluding carboxylic acids is 5. The monoisotopic (exact) mass is 1210 g/mol. The van der Waals surface area contributed by atoms with Crippen LogP contribution in [0.5, 0.6) is 0 Å². The van der Waals surface area contributed by atoms with Crippen LogP contribution >= 0.6 is 0 Å². The Morgan fingerprint density at radius 2 is 1.01 bits per heavy atom. The van der Waals surface area contributed by atoms with E-state index in [1.807, 2.05) is 97.1 Å². The fraction of sp³-hybridized carbons (Fsp3) is 0.318. The van der Waals surface area contributed by atoms with Crippen molar-refractivity contribution in [3.8, 4) is 22.8 Å². The number of anilines is 2. The van der Waals surface area contributed by atoms with Crippen LogP contribution in [0.15, 0.2) is 131 Å². The zero-order valence-electron chi connectivity index (χ0n) is 49.9. The first-order valence-electron chi connectivity index (χ1n) is 29.5. The maximum Gasteiger partial charge on any atom is 0.355 e.